The van der Waals surface area contributed by atoms with Gasteiger partial charge in [-0.15, -0.1) is 0 Å². The molecule has 144 valence electrons. The summed E-state index contributed by atoms with van der Waals surface area (Å²) in [6.45, 7) is 7.82. The SMILES string of the molecule is CCC1(CC)CN(c2ncc(C(=O)N3CCOCC3)cc2Cl)CCS1=O. The van der Waals surface area contributed by atoms with E-state index in [4.69, 9.17) is 16.3 Å². The number of hydrogen-bond donors (Lipinski definition) is 0. The summed E-state index contributed by atoms with van der Waals surface area (Å²) in [6.07, 6.45) is 3.32. The van der Waals surface area contributed by atoms with E-state index in [2.05, 4.69) is 23.7 Å². The van der Waals surface area contributed by atoms with E-state index in [9.17, 15) is 9.00 Å². The van der Waals surface area contributed by atoms with E-state index in [0.717, 1.165) is 12.8 Å². The van der Waals surface area contributed by atoms with Gasteiger partial charge in [-0.1, -0.05) is 25.4 Å². The lowest BCUT2D eigenvalue weighted by Crippen LogP contribution is -2.53. The highest BCUT2D eigenvalue weighted by molar-refractivity contribution is 7.86. The number of aromatic nitrogens is 1. The van der Waals surface area contributed by atoms with Crippen molar-refractivity contribution < 1.29 is 13.7 Å². The lowest BCUT2D eigenvalue weighted by atomic mass is 10.0. The molecule has 0 N–H and O–H groups in total. The first kappa shape index (κ1) is 19.6. The van der Waals surface area contributed by atoms with Gasteiger partial charge < -0.3 is 14.5 Å². The summed E-state index contributed by atoms with van der Waals surface area (Å²) < 4.78 is 17.6. The quantitative estimate of drug-likeness (QED) is 0.777. The number of ether oxygens (including phenoxy) is 1. The number of anilines is 1. The molecule has 0 spiro atoms. The molecule has 6 nitrogen and oxygen atoms in total. The minimum Gasteiger partial charge on any atom is -0.378 e. The molecule has 0 radical (unpaired) electrons. The lowest BCUT2D eigenvalue weighted by molar-refractivity contribution is 0.0302. The molecule has 2 aliphatic rings. The summed E-state index contributed by atoms with van der Waals surface area (Å²) >= 11 is 6.49. The highest BCUT2D eigenvalue weighted by Gasteiger charge is 2.39. The average Bonchev–Trinajstić information content (AvgIpc) is 2.69. The number of carbonyl (C=O) groups is 1. The maximum Gasteiger partial charge on any atom is 0.255 e. The number of nitrogens with zero attached hydrogens (tertiary/aromatic N) is 3. The fourth-order valence-corrected chi connectivity index (χ4v) is 5.66. The Bertz CT molecular complexity index is 690. The van der Waals surface area contributed by atoms with Crippen molar-refractivity contribution in [3.8, 4) is 0 Å². The second kappa shape index (κ2) is 8.23. The Hall–Kier alpha value is -1.18. The molecule has 8 heteroatoms. The molecule has 0 aromatic carbocycles. The van der Waals surface area contributed by atoms with E-state index in [1.54, 1.807) is 17.2 Å². The van der Waals surface area contributed by atoms with Crippen molar-refractivity contribution >= 4 is 34.1 Å². The molecule has 0 saturated carbocycles. The number of halogens is 1. The zero-order valence-corrected chi connectivity index (χ0v) is 16.9. The van der Waals surface area contributed by atoms with Gasteiger partial charge in [-0.05, 0) is 18.9 Å². The molecule has 26 heavy (non-hydrogen) atoms. The highest BCUT2D eigenvalue weighted by Crippen LogP contribution is 2.33. The van der Waals surface area contributed by atoms with Gasteiger partial charge in [0.1, 0.15) is 5.82 Å². The van der Waals surface area contributed by atoms with Gasteiger partial charge in [-0.25, -0.2) is 4.98 Å². The third kappa shape index (κ3) is 3.75. The van der Waals surface area contributed by atoms with Gasteiger partial charge in [-0.3, -0.25) is 9.00 Å². The van der Waals surface area contributed by atoms with Crippen LogP contribution < -0.4 is 4.90 Å². The molecule has 1 amide bonds. The minimum absolute atomic E-state index is 0.0644. The Labute approximate surface area is 162 Å². The number of pyridine rings is 1. The zero-order chi connectivity index (χ0) is 18.7. The normalized spacial score (nSPS) is 23.1. The third-order valence-electron chi connectivity index (χ3n) is 5.46. The Balaban J connectivity index is 1.79. The van der Waals surface area contributed by atoms with Gasteiger partial charge in [0, 0.05) is 48.9 Å². The fourth-order valence-electron chi connectivity index (χ4n) is 3.61. The molecule has 1 aromatic heterocycles. The molecule has 2 fully saturated rings. The van der Waals surface area contributed by atoms with Gasteiger partial charge in [0.25, 0.3) is 5.91 Å². The van der Waals surface area contributed by atoms with E-state index in [1.807, 2.05) is 0 Å². The van der Waals surface area contributed by atoms with Crippen LogP contribution in [-0.2, 0) is 15.5 Å². The standard InChI is InChI=1S/C18H26ClN3O3S/c1-3-18(4-2)13-22(7-10-26(18)24)16-15(19)11-14(12-20-16)17(23)21-5-8-25-9-6-21/h11-12H,3-10,13H2,1-2H3. The van der Waals surface area contributed by atoms with Crippen LogP contribution in [0.4, 0.5) is 5.82 Å². The van der Waals surface area contributed by atoms with E-state index < -0.39 is 10.8 Å². The van der Waals surface area contributed by atoms with Crippen LogP contribution in [-0.4, -0.2) is 69.9 Å². The predicted molar refractivity (Wildman–Crippen MR) is 105 cm³/mol. The maximum absolute atomic E-state index is 12.6. The van der Waals surface area contributed by atoms with Crippen LogP contribution >= 0.6 is 11.6 Å². The van der Waals surface area contributed by atoms with Crippen molar-refractivity contribution in [3.63, 3.8) is 0 Å². The van der Waals surface area contributed by atoms with Gasteiger partial charge in [0.2, 0.25) is 0 Å². The summed E-state index contributed by atoms with van der Waals surface area (Å²) in [6, 6.07) is 1.70. The summed E-state index contributed by atoms with van der Waals surface area (Å²) in [4.78, 5) is 21.0. The van der Waals surface area contributed by atoms with Crippen molar-refractivity contribution in [1.82, 2.24) is 9.88 Å². The van der Waals surface area contributed by atoms with Crippen LogP contribution in [0.25, 0.3) is 0 Å². The van der Waals surface area contributed by atoms with Crippen LogP contribution in [0.5, 0.6) is 0 Å². The first-order chi connectivity index (χ1) is 12.5. The van der Waals surface area contributed by atoms with E-state index in [-0.39, 0.29) is 10.7 Å². The van der Waals surface area contributed by atoms with Gasteiger partial charge >= 0.3 is 0 Å². The molecular formula is C18H26ClN3O3S. The molecule has 1 aromatic rings. The molecule has 0 aliphatic carbocycles. The predicted octanol–water partition coefficient (Wildman–Crippen LogP) is 2.33. The molecule has 2 aliphatic heterocycles. The number of morpholine rings is 1. The second-order valence-electron chi connectivity index (χ2n) is 6.80. The number of amides is 1. The first-order valence-electron chi connectivity index (χ1n) is 9.16. The number of carbonyl (C=O) groups excluding carboxylic acids is 1. The second-order valence-corrected chi connectivity index (χ2v) is 9.17. The van der Waals surface area contributed by atoms with Crippen molar-refractivity contribution in [2.45, 2.75) is 31.4 Å². The Morgan fingerprint density at radius 1 is 1.31 bits per heavy atom. The highest BCUT2D eigenvalue weighted by atomic mass is 35.5. The van der Waals surface area contributed by atoms with E-state index in [1.165, 1.54) is 0 Å². The molecule has 2 saturated heterocycles. The lowest BCUT2D eigenvalue weighted by Gasteiger charge is -2.41. The third-order valence-corrected chi connectivity index (χ3v) is 7.97. The summed E-state index contributed by atoms with van der Waals surface area (Å²) in [7, 11) is -0.838. The van der Waals surface area contributed by atoms with Crippen LogP contribution in [0.1, 0.15) is 37.0 Å². The fraction of sp³-hybridized carbons (Fsp3) is 0.667. The Morgan fingerprint density at radius 2 is 2.00 bits per heavy atom. The van der Waals surface area contributed by atoms with Crippen LogP contribution in [0.15, 0.2) is 12.3 Å². The van der Waals surface area contributed by atoms with Gasteiger partial charge in [-0.2, -0.15) is 0 Å². The van der Waals surface area contributed by atoms with Crippen molar-refractivity contribution in [2.75, 3.05) is 50.0 Å². The van der Waals surface area contributed by atoms with Crippen LogP contribution in [0, 0.1) is 0 Å². The van der Waals surface area contributed by atoms with Gasteiger partial charge in [0.15, 0.2) is 0 Å². The maximum atomic E-state index is 12.6. The van der Waals surface area contributed by atoms with Crippen molar-refractivity contribution in [3.05, 3.63) is 22.8 Å². The van der Waals surface area contributed by atoms with Gasteiger partial charge in [0.05, 0.1) is 28.5 Å². The monoisotopic (exact) mass is 399 g/mol. The number of hydrogen-bond acceptors (Lipinski definition) is 5. The summed E-state index contributed by atoms with van der Waals surface area (Å²) in [5.41, 5.74) is 0.499. The Kier molecular flexibility index (Phi) is 6.20. The molecule has 3 heterocycles. The molecular weight excluding hydrogens is 374 g/mol. The summed E-state index contributed by atoms with van der Waals surface area (Å²) in [5.74, 6) is 1.23. The van der Waals surface area contributed by atoms with E-state index >= 15 is 0 Å². The minimum atomic E-state index is -0.838. The largest absolute Gasteiger partial charge is 0.378 e. The first-order valence-corrected chi connectivity index (χ1v) is 10.9. The number of rotatable bonds is 4. The zero-order valence-electron chi connectivity index (χ0n) is 15.4. The molecule has 1 unspecified atom stereocenters. The molecule has 1 atom stereocenters. The van der Waals surface area contributed by atoms with E-state index in [0.29, 0.717) is 61.5 Å². The Morgan fingerprint density at radius 3 is 2.62 bits per heavy atom. The van der Waals surface area contributed by atoms with Crippen molar-refractivity contribution in [2.24, 2.45) is 0 Å². The topological polar surface area (TPSA) is 62.7 Å². The summed E-state index contributed by atoms with van der Waals surface area (Å²) in [5, 5.41) is 0.470. The van der Waals surface area contributed by atoms with Crippen LogP contribution in [0.3, 0.4) is 0 Å². The molecule has 0 bridgehead atoms. The van der Waals surface area contributed by atoms with Crippen LogP contribution in [0.2, 0.25) is 5.02 Å². The van der Waals surface area contributed by atoms with Crippen molar-refractivity contribution in [1.29, 1.82) is 0 Å². The smallest absolute Gasteiger partial charge is 0.255 e. The average molecular weight is 400 g/mol. The molecule has 3 rings (SSSR count).